The number of ether oxygens (including phenoxy) is 2. The van der Waals surface area contributed by atoms with E-state index in [0.29, 0.717) is 6.42 Å². The highest BCUT2D eigenvalue weighted by Crippen LogP contribution is 2.37. The monoisotopic (exact) mass is 372 g/mol. The molecule has 6 nitrogen and oxygen atoms in total. The molecule has 1 unspecified atom stereocenters. The van der Waals surface area contributed by atoms with E-state index in [1.807, 2.05) is 0 Å². The third-order valence-electron chi connectivity index (χ3n) is 2.98. The number of rotatable bonds is 8. The van der Waals surface area contributed by atoms with Crippen molar-refractivity contribution < 1.29 is 49.2 Å². The van der Waals surface area contributed by atoms with Crippen LogP contribution in [0.1, 0.15) is 27.2 Å². The van der Waals surface area contributed by atoms with Gasteiger partial charge in [0.25, 0.3) is 0 Å². The van der Waals surface area contributed by atoms with E-state index in [1.165, 1.54) is 13.8 Å². The van der Waals surface area contributed by atoms with Crippen LogP contribution >= 0.6 is 0 Å². The van der Waals surface area contributed by atoms with Gasteiger partial charge in [-0.15, -0.1) is 0 Å². The van der Waals surface area contributed by atoms with Crippen molar-refractivity contribution >= 4 is 16.1 Å². The molecule has 0 heterocycles. The van der Waals surface area contributed by atoms with Crippen LogP contribution in [0.2, 0.25) is 0 Å². The standard InChI is InChI=1S/C11H17F5O6S/c1-4-9(2,3)8(17)22-6-5-21-7(10(12,13)14)11(15,16)23(18,19)20/h7H,4-6H2,1-3H3,(H,18,19,20). The van der Waals surface area contributed by atoms with Gasteiger partial charge in [-0.05, 0) is 20.3 Å². The minimum absolute atomic E-state index is 0.360. The van der Waals surface area contributed by atoms with E-state index in [4.69, 9.17) is 4.55 Å². The van der Waals surface area contributed by atoms with Crippen LogP contribution in [0.3, 0.4) is 0 Å². The van der Waals surface area contributed by atoms with Crippen LogP contribution in [0.4, 0.5) is 22.0 Å². The summed E-state index contributed by atoms with van der Waals surface area (Å²) < 4.78 is 101. The lowest BCUT2D eigenvalue weighted by atomic mass is 9.91. The fourth-order valence-corrected chi connectivity index (χ4v) is 1.63. The lowest BCUT2D eigenvalue weighted by Gasteiger charge is -2.26. The predicted molar refractivity (Wildman–Crippen MR) is 67.3 cm³/mol. The zero-order valence-corrected chi connectivity index (χ0v) is 13.3. The highest BCUT2D eigenvalue weighted by atomic mass is 32.2. The summed E-state index contributed by atoms with van der Waals surface area (Å²) in [7, 11) is -6.35. The van der Waals surface area contributed by atoms with Crippen molar-refractivity contribution in [2.75, 3.05) is 13.2 Å². The van der Waals surface area contributed by atoms with Crippen molar-refractivity contribution in [3.8, 4) is 0 Å². The van der Waals surface area contributed by atoms with Gasteiger partial charge < -0.3 is 9.47 Å². The van der Waals surface area contributed by atoms with Crippen molar-refractivity contribution in [2.45, 2.75) is 44.7 Å². The van der Waals surface area contributed by atoms with E-state index in [1.54, 1.807) is 6.92 Å². The second kappa shape index (κ2) is 7.26. The highest BCUT2D eigenvalue weighted by Gasteiger charge is 2.64. The first kappa shape index (κ1) is 22.0. The molecule has 1 atom stereocenters. The second-order valence-corrected chi connectivity index (χ2v) is 6.70. The minimum Gasteiger partial charge on any atom is -0.463 e. The summed E-state index contributed by atoms with van der Waals surface area (Å²) in [5.74, 6) is -0.784. The second-order valence-electron chi connectivity index (χ2n) is 5.20. The molecule has 0 aliphatic heterocycles. The molecule has 138 valence electrons. The molecule has 23 heavy (non-hydrogen) atoms. The Morgan fingerprint density at radius 3 is 1.96 bits per heavy atom. The molecule has 0 aromatic rings. The van der Waals surface area contributed by atoms with Crippen LogP contribution in [0.15, 0.2) is 0 Å². The summed E-state index contributed by atoms with van der Waals surface area (Å²) in [6, 6.07) is 0. The quantitative estimate of drug-likeness (QED) is 0.305. The molecule has 0 bridgehead atoms. The number of halogens is 5. The topological polar surface area (TPSA) is 89.9 Å². The summed E-state index contributed by atoms with van der Waals surface area (Å²) in [6.45, 7) is 2.73. The first-order valence-electron chi connectivity index (χ1n) is 6.27. The maximum Gasteiger partial charge on any atom is 0.421 e. The molecular formula is C11H17F5O6S. The molecule has 0 aromatic heterocycles. The van der Waals surface area contributed by atoms with E-state index < -0.39 is 52.3 Å². The number of carbonyl (C=O) groups excluding carboxylic acids is 1. The van der Waals surface area contributed by atoms with Gasteiger partial charge in [0.05, 0.1) is 12.0 Å². The molecule has 0 amide bonds. The normalized spacial score (nSPS) is 15.3. The fourth-order valence-electron chi connectivity index (χ4n) is 1.16. The van der Waals surface area contributed by atoms with Crippen LogP contribution in [0.5, 0.6) is 0 Å². The van der Waals surface area contributed by atoms with Crippen LogP contribution in [0.25, 0.3) is 0 Å². The Morgan fingerprint density at radius 2 is 1.61 bits per heavy atom. The average molecular weight is 372 g/mol. The molecule has 12 heteroatoms. The molecular weight excluding hydrogens is 355 g/mol. The maximum atomic E-state index is 13.1. The molecule has 0 rings (SSSR count). The van der Waals surface area contributed by atoms with Crippen molar-refractivity contribution in [1.29, 1.82) is 0 Å². The van der Waals surface area contributed by atoms with Crippen LogP contribution in [-0.4, -0.2) is 49.7 Å². The molecule has 0 radical (unpaired) electrons. The zero-order chi connectivity index (χ0) is 18.7. The van der Waals surface area contributed by atoms with Gasteiger partial charge in [0.15, 0.2) is 0 Å². The molecule has 0 aromatic carbocycles. The fraction of sp³-hybridized carbons (Fsp3) is 0.909. The van der Waals surface area contributed by atoms with E-state index in [9.17, 15) is 35.2 Å². The van der Waals surface area contributed by atoms with Gasteiger partial charge >= 0.3 is 27.5 Å². The Hall–Kier alpha value is -1.01. The first-order valence-corrected chi connectivity index (χ1v) is 7.71. The molecule has 0 aliphatic carbocycles. The lowest BCUT2D eigenvalue weighted by molar-refractivity contribution is -0.266. The Balaban J connectivity index is 4.85. The summed E-state index contributed by atoms with van der Waals surface area (Å²) in [5, 5.41) is -5.60. The number of alkyl halides is 5. The SMILES string of the molecule is CCC(C)(C)C(=O)OCCOC(C(F)(F)F)C(F)(F)S(=O)(=O)O. The zero-order valence-electron chi connectivity index (χ0n) is 12.5. The van der Waals surface area contributed by atoms with E-state index >= 15 is 0 Å². The Morgan fingerprint density at radius 1 is 1.13 bits per heavy atom. The summed E-state index contributed by atoms with van der Waals surface area (Å²) >= 11 is 0. The summed E-state index contributed by atoms with van der Waals surface area (Å²) in [5.41, 5.74) is -0.929. The van der Waals surface area contributed by atoms with Crippen molar-refractivity contribution in [1.82, 2.24) is 0 Å². The highest BCUT2D eigenvalue weighted by molar-refractivity contribution is 7.86. The Bertz CT molecular complexity index is 513. The largest absolute Gasteiger partial charge is 0.463 e. The van der Waals surface area contributed by atoms with Crippen molar-refractivity contribution in [3.63, 3.8) is 0 Å². The van der Waals surface area contributed by atoms with Gasteiger partial charge in [-0.3, -0.25) is 9.35 Å². The Kier molecular flexibility index (Phi) is 6.94. The molecule has 0 saturated heterocycles. The molecule has 0 saturated carbocycles. The summed E-state index contributed by atoms with van der Waals surface area (Å²) in [4.78, 5) is 11.5. The maximum absolute atomic E-state index is 13.1. The molecule has 0 spiro atoms. The van der Waals surface area contributed by atoms with Crippen LogP contribution < -0.4 is 0 Å². The molecule has 0 fully saturated rings. The third-order valence-corrected chi connectivity index (χ3v) is 3.89. The predicted octanol–water partition coefficient (Wildman–Crippen LogP) is 2.39. The Labute approximate surface area is 129 Å². The minimum atomic E-state index is -6.35. The average Bonchev–Trinajstić information content (AvgIpc) is 2.34. The third kappa shape index (κ3) is 5.84. The van der Waals surface area contributed by atoms with Gasteiger partial charge in [0.1, 0.15) is 6.61 Å². The lowest BCUT2D eigenvalue weighted by Crippen LogP contribution is -2.51. The van der Waals surface area contributed by atoms with E-state index in [2.05, 4.69) is 9.47 Å². The summed E-state index contributed by atoms with van der Waals surface area (Å²) in [6.07, 6.45) is -9.51. The van der Waals surface area contributed by atoms with Crippen molar-refractivity contribution in [2.24, 2.45) is 5.41 Å². The first-order chi connectivity index (χ1) is 10.1. The van der Waals surface area contributed by atoms with Crippen molar-refractivity contribution in [3.05, 3.63) is 0 Å². The van der Waals surface area contributed by atoms with E-state index in [0.717, 1.165) is 0 Å². The van der Waals surface area contributed by atoms with Gasteiger partial charge in [-0.2, -0.15) is 30.4 Å². The number of hydrogen-bond acceptors (Lipinski definition) is 5. The van der Waals surface area contributed by atoms with Gasteiger partial charge in [-0.25, -0.2) is 0 Å². The van der Waals surface area contributed by atoms with E-state index in [-0.39, 0.29) is 0 Å². The van der Waals surface area contributed by atoms with Gasteiger partial charge in [0.2, 0.25) is 6.10 Å². The van der Waals surface area contributed by atoms with Gasteiger partial charge in [0, 0.05) is 0 Å². The number of hydrogen-bond donors (Lipinski definition) is 1. The van der Waals surface area contributed by atoms with Crippen LogP contribution in [-0.2, 0) is 24.4 Å². The number of esters is 1. The molecule has 0 aliphatic rings. The molecule has 1 N–H and O–H groups in total. The van der Waals surface area contributed by atoms with Gasteiger partial charge in [-0.1, -0.05) is 6.92 Å². The van der Waals surface area contributed by atoms with Crippen LogP contribution in [0, 0.1) is 5.41 Å². The smallest absolute Gasteiger partial charge is 0.421 e. The number of carbonyl (C=O) groups is 1.